The molecule has 2 saturated heterocycles. The number of H-pyrrole nitrogens is 1. The van der Waals surface area contributed by atoms with Gasteiger partial charge in [-0.1, -0.05) is 13.3 Å². The van der Waals surface area contributed by atoms with Gasteiger partial charge in [-0.15, -0.1) is 0 Å². The molecule has 168 valence electrons. The second-order valence-electron chi connectivity index (χ2n) is 8.25. The molecule has 4 rings (SSSR count). The minimum absolute atomic E-state index is 0.00793. The van der Waals surface area contributed by atoms with Crippen LogP contribution in [-0.4, -0.2) is 74.7 Å². The van der Waals surface area contributed by atoms with Gasteiger partial charge in [0.25, 0.3) is 12.4 Å². The molecule has 2 fully saturated rings. The van der Waals surface area contributed by atoms with Gasteiger partial charge in [-0.05, 0) is 43.4 Å². The van der Waals surface area contributed by atoms with Gasteiger partial charge in [-0.25, -0.2) is 9.97 Å². The second kappa shape index (κ2) is 10.4. The Balaban J connectivity index is 0.000000858. The van der Waals surface area contributed by atoms with Gasteiger partial charge in [0, 0.05) is 50.2 Å². The molecule has 3 N–H and O–H groups in total. The van der Waals surface area contributed by atoms with E-state index in [0.29, 0.717) is 25.2 Å². The Hall–Kier alpha value is -2.94. The number of aliphatic hydroxyl groups is 1. The number of hydrogen-bond acceptors (Lipinski definition) is 6. The van der Waals surface area contributed by atoms with Crippen LogP contribution in [0.4, 0.5) is 5.95 Å². The molecule has 0 bridgehead atoms. The molecule has 2 atom stereocenters. The Labute approximate surface area is 182 Å². The molecule has 0 radical (unpaired) electrons. The van der Waals surface area contributed by atoms with Gasteiger partial charge < -0.3 is 25.0 Å². The fraction of sp³-hybridized carbons (Fsp3) is 0.545. The number of anilines is 1. The molecule has 2 aliphatic heterocycles. The number of aromatic amines is 1. The number of nitrogens with one attached hydrogen (secondary N) is 1. The number of rotatable bonds is 4. The van der Waals surface area contributed by atoms with Crippen LogP contribution in [-0.2, 0) is 11.2 Å². The summed E-state index contributed by atoms with van der Waals surface area (Å²) in [5.74, 6) is 0.729. The average Bonchev–Trinajstić information content (AvgIpc) is 3.32. The van der Waals surface area contributed by atoms with Crippen LogP contribution in [0.25, 0.3) is 0 Å². The predicted molar refractivity (Wildman–Crippen MR) is 116 cm³/mol. The Morgan fingerprint density at radius 1 is 1.32 bits per heavy atom. The first-order valence-electron chi connectivity index (χ1n) is 10.8. The molecule has 0 aliphatic carbocycles. The minimum atomic E-state index is -0.414. The van der Waals surface area contributed by atoms with Crippen molar-refractivity contribution >= 4 is 18.3 Å². The Bertz CT molecular complexity index is 842. The van der Waals surface area contributed by atoms with Crippen LogP contribution in [0.1, 0.15) is 48.7 Å². The number of nitrogens with zero attached hydrogens (tertiary/aromatic N) is 4. The van der Waals surface area contributed by atoms with Gasteiger partial charge in [-0.2, -0.15) is 0 Å². The van der Waals surface area contributed by atoms with Crippen LogP contribution in [0.2, 0.25) is 0 Å². The lowest BCUT2D eigenvalue weighted by Gasteiger charge is -2.51. The second-order valence-corrected chi connectivity index (χ2v) is 8.25. The Morgan fingerprint density at radius 2 is 2.06 bits per heavy atom. The first-order chi connectivity index (χ1) is 15.0. The van der Waals surface area contributed by atoms with Crippen molar-refractivity contribution in [2.45, 2.75) is 45.1 Å². The van der Waals surface area contributed by atoms with E-state index in [1.807, 2.05) is 23.4 Å². The number of likely N-dealkylation sites (tertiary alicyclic amines) is 1. The number of hydrogen-bond donors (Lipinski definition) is 3. The van der Waals surface area contributed by atoms with Crippen molar-refractivity contribution in [3.8, 4) is 0 Å². The molecule has 1 amide bonds. The maximum atomic E-state index is 12.8. The van der Waals surface area contributed by atoms with E-state index in [2.05, 4.69) is 26.8 Å². The average molecular weight is 430 g/mol. The number of aromatic nitrogens is 3. The van der Waals surface area contributed by atoms with Crippen molar-refractivity contribution in [3.05, 3.63) is 42.0 Å². The lowest BCUT2D eigenvalue weighted by Crippen LogP contribution is -2.60. The number of aliphatic hydroxyl groups excluding tert-OH is 1. The van der Waals surface area contributed by atoms with Crippen LogP contribution in [0, 0.1) is 5.41 Å². The van der Waals surface area contributed by atoms with Gasteiger partial charge in [0.05, 0.1) is 6.10 Å². The molecule has 9 nitrogen and oxygen atoms in total. The molecule has 2 aromatic heterocycles. The highest BCUT2D eigenvalue weighted by molar-refractivity contribution is 5.92. The zero-order chi connectivity index (χ0) is 22.3. The third-order valence-corrected chi connectivity index (χ3v) is 6.12. The summed E-state index contributed by atoms with van der Waals surface area (Å²) >= 11 is 0. The molecule has 4 heterocycles. The van der Waals surface area contributed by atoms with Crippen LogP contribution >= 0.6 is 0 Å². The number of piperidine rings is 2. The van der Waals surface area contributed by atoms with Crippen LogP contribution in [0.5, 0.6) is 0 Å². The third-order valence-electron chi connectivity index (χ3n) is 6.12. The summed E-state index contributed by atoms with van der Waals surface area (Å²) in [6, 6.07) is 3.64. The first-order valence-corrected chi connectivity index (χ1v) is 10.8. The maximum Gasteiger partial charge on any atom is 0.290 e. The van der Waals surface area contributed by atoms with Crippen LogP contribution in [0.15, 0.2) is 30.7 Å². The highest BCUT2D eigenvalue weighted by Gasteiger charge is 2.47. The molecule has 0 saturated carbocycles. The van der Waals surface area contributed by atoms with E-state index in [1.165, 1.54) is 0 Å². The fourth-order valence-corrected chi connectivity index (χ4v) is 4.62. The third kappa shape index (κ3) is 5.22. The van der Waals surface area contributed by atoms with Gasteiger partial charge in [0.1, 0.15) is 5.69 Å². The smallest absolute Gasteiger partial charge is 0.290 e. The van der Waals surface area contributed by atoms with Gasteiger partial charge in [0.15, 0.2) is 0 Å². The van der Waals surface area contributed by atoms with Crippen molar-refractivity contribution in [3.63, 3.8) is 0 Å². The van der Waals surface area contributed by atoms with E-state index in [0.717, 1.165) is 50.3 Å². The Kier molecular flexibility index (Phi) is 7.62. The molecule has 2 aliphatic rings. The largest absolute Gasteiger partial charge is 0.483 e. The SMILES string of the molecule is CCCc1cnc(N2CC[C@H](O)[C@@]3(CCCN(C(=O)c4ccc[nH]4)C3)C2)nc1.O=CO. The van der Waals surface area contributed by atoms with Gasteiger partial charge >= 0.3 is 0 Å². The molecular formula is C22H31N5O4. The highest BCUT2D eigenvalue weighted by Crippen LogP contribution is 2.39. The monoisotopic (exact) mass is 429 g/mol. The zero-order valence-electron chi connectivity index (χ0n) is 17.9. The lowest BCUT2D eigenvalue weighted by molar-refractivity contribution is -0.122. The molecule has 1 spiro atoms. The van der Waals surface area contributed by atoms with E-state index in [-0.39, 0.29) is 17.8 Å². The predicted octanol–water partition coefficient (Wildman–Crippen LogP) is 1.95. The van der Waals surface area contributed by atoms with Gasteiger partial charge in [-0.3, -0.25) is 9.59 Å². The Morgan fingerprint density at radius 3 is 2.71 bits per heavy atom. The molecule has 9 heteroatoms. The summed E-state index contributed by atoms with van der Waals surface area (Å²) in [4.78, 5) is 37.4. The normalized spacial score (nSPS) is 23.2. The molecule has 0 unspecified atom stereocenters. The number of aryl methyl sites for hydroxylation is 1. The van der Waals surface area contributed by atoms with Crippen molar-refractivity contribution < 1.29 is 19.8 Å². The molecule has 0 aromatic carbocycles. The quantitative estimate of drug-likeness (QED) is 0.635. The van der Waals surface area contributed by atoms with E-state index < -0.39 is 6.10 Å². The molecular weight excluding hydrogens is 398 g/mol. The lowest BCUT2D eigenvalue weighted by atomic mass is 9.71. The number of carbonyl (C=O) groups excluding carboxylic acids is 1. The van der Waals surface area contributed by atoms with Crippen molar-refractivity contribution in [2.75, 3.05) is 31.1 Å². The van der Waals surface area contributed by atoms with Crippen molar-refractivity contribution in [1.29, 1.82) is 0 Å². The summed E-state index contributed by atoms with van der Waals surface area (Å²) < 4.78 is 0. The van der Waals surface area contributed by atoms with E-state index in [4.69, 9.17) is 9.90 Å². The van der Waals surface area contributed by atoms with E-state index in [9.17, 15) is 9.90 Å². The highest BCUT2D eigenvalue weighted by atomic mass is 16.3. The number of carbonyl (C=O) groups is 2. The van der Waals surface area contributed by atoms with Crippen molar-refractivity contribution in [1.82, 2.24) is 19.9 Å². The number of amides is 1. The minimum Gasteiger partial charge on any atom is -0.483 e. The van der Waals surface area contributed by atoms with Crippen molar-refractivity contribution in [2.24, 2.45) is 5.41 Å². The zero-order valence-corrected chi connectivity index (χ0v) is 17.9. The van der Waals surface area contributed by atoms with E-state index >= 15 is 0 Å². The van der Waals surface area contributed by atoms with Crippen LogP contribution < -0.4 is 4.90 Å². The fourth-order valence-electron chi connectivity index (χ4n) is 4.62. The standard InChI is InChI=1S/C21H29N5O2.CH2O2/c1-2-5-16-12-23-20(24-13-16)26-11-7-18(27)21(15-26)8-4-10-25(14-21)19(28)17-6-3-9-22-17;2-1-3/h3,6,9,12-13,18,22,27H,2,4-5,7-8,10-11,14-15H2,1H3;1H,(H,2,3)/t18-,21+;/m0./s1. The molecule has 2 aromatic rings. The van der Waals surface area contributed by atoms with Crippen LogP contribution in [0.3, 0.4) is 0 Å². The molecule has 31 heavy (non-hydrogen) atoms. The van der Waals surface area contributed by atoms with Gasteiger partial charge in [0.2, 0.25) is 5.95 Å². The summed E-state index contributed by atoms with van der Waals surface area (Å²) in [5.41, 5.74) is 1.43. The summed E-state index contributed by atoms with van der Waals surface area (Å²) in [5, 5.41) is 17.8. The number of carboxylic acid groups (broad SMARTS) is 1. The summed E-state index contributed by atoms with van der Waals surface area (Å²) in [6.07, 6.45) is 9.71. The summed E-state index contributed by atoms with van der Waals surface area (Å²) in [6.45, 7) is 4.61. The maximum absolute atomic E-state index is 12.8. The summed E-state index contributed by atoms with van der Waals surface area (Å²) in [7, 11) is 0. The van der Waals surface area contributed by atoms with E-state index in [1.54, 1.807) is 12.3 Å². The topological polar surface area (TPSA) is 123 Å². The first kappa shape index (κ1) is 22.7.